The Kier molecular flexibility index (Phi) is 6.56. The van der Waals surface area contributed by atoms with Crippen LogP contribution in [-0.2, 0) is 16.0 Å². The van der Waals surface area contributed by atoms with E-state index in [-0.39, 0.29) is 30.8 Å². The molecule has 22 heavy (non-hydrogen) atoms. The molecule has 1 aromatic rings. The third-order valence-electron chi connectivity index (χ3n) is 3.29. The Hall–Kier alpha value is -2.37. The number of aliphatic carboxylic acids is 1. The van der Waals surface area contributed by atoms with E-state index in [0.29, 0.717) is 12.0 Å². The SMILES string of the molecule is CNC(=O)c1cccc(CCC(=O)N(CC(=O)O)C(C)C)c1. The van der Waals surface area contributed by atoms with Gasteiger partial charge in [-0.05, 0) is 38.0 Å². The lowest BCUT2D eigenvalue weighted by Crippen LogP contribution is -2.40. The van der Waals surface area contributed by atoms with Gasteiger partial charge in [0.1, 0.15) is 6.54 Å². The average Bonchev–Trinajstić information content (AvgIpc) is 2.49. The second-order valence-electron chi connectivity index (χ2n) is 5.29. The first-order valence-corrected chi connectivity index (χ1v) is 7.17. The van der Waals surface area contributed by atoms with E-state index in [0.717, 1.165) is 5.56 Å². The van der Waals surface area contributed by atoms with Crippen molar-refractivity contribution in [1.29, 1.82) is 0 Å². The van der Waals surface area contributed by atoms with Crippen LogP contribution in [0.5, 0.6) is 0 Å². The molecule has 0 aromatic heterocycles. The number of carboxylic acid groups (broad SMARTS) is 1. The van der Waals surface area contributed by atoms with E-state index in [2.05, 4.69) is 5.32 Å². The number of amides is 2. The van der Waals surface area contributed by atoms with Gasteiger partial charge in [-0.25, -0.2) is 0 Å². The highest BCUT2D eigenvalue weighted by molar-refractivity contribution is 5.94. The van der Waals surface area contributed by atoms with Gasteiger partial charge in [0.05, 0.1) is 0 Å². The van der Waals surface area contributed by atoms with Crippen LogP contribution in [0.3, 0.4) is 0 Å². The number of nitrogens with one attached hydrogen (secondary N) is 1. The number of carbonyl (C=O) groups is 3. The van der Waals surface area contributed by atoms with E-state index in [9.17, 15) is 14.4 Å². The van der Waals surface area contributed by atoms with Crippen molar-refractivity contribution in [3.63, 3.8) is 0 Å². The zero-order valence-electron chi connectivity index (χ0n) is 13.1. The molecule has 0 radical (unpaired) electrons. The molecule has 0 saturated heterocycles. The predicted octanol–water partition coefficient (Wildman–Crippen LogP) is 1.30. The lowest BCUT2D eigenvalue weighted by atomic mass is 10.1. The lowest BCUT2D eigenvalue weighted by Gasteiger charge is -2.24. The van der Waals surface area contributed by atoms with E-state index in [1.165, 1.54) is 4.90 Å². The third-order valence-corrected chi connectivity index (χ3v) is 3.29. The molecule has 2 N–H and O–H groups in total. The van der Waals surface area contributed by atoms with Gasteiger partial charge in [0.15, 0.2) is 0 Å². The number of hydrogen-bond donors (Lipinski definition) is 2. The third kappa shape index (κ3) is 5.20. The number of aryl methyl sites for hydroxylation is 1. The molecule has 6 nitrogen and oxygen atoms in total. The predicted molar refractivity (Wildman–Crippen MR) is 82.6 cm³/mol. The summed E-state index contributed by atoms with van der Waals surface area (Å²) in [5.74, 6) is -1.41. The van der Waals surface area contributed by atoms with Crippen molar-refractivity contribution in [3.05, 3.63) is 35.4 Å². The normalized spacial score (nSPS) is 10.4. The molecule has 0 bridgehead atoms. The molecule has 0 saturated carbocycles. The van der Waals surface area contributed by atoms with Crippen LogP contribution in [0, 0.1) is 0 Å². The summed E-state index contributed by atoms with van der Waals surface area (Å²) in [6.45, 7) is 3.27. The summed E-state index contributed by atoms with van der Waals surface area (Å²) in [4.78, 5) is 35.9. The first-order valence-electron chi connectivity index (χ1n) is 7.17. The molecule has 0 aliphatic rings. The van der Waals surface area contributed by atoms with E-state index >= 15 is 0 Å². The van der Waals surface area contributed by atoms with Crippen LogP contribution in [0.4, 0.5) is 0 Å². The summed E-state index contributed by atoms with van der Waals surface area (Å²) in [6, 6.07) is 6.89. The Balaban J connectivity index is 2.70. The minimum atomic E-state index is -1.02. The average molecular weight is 306 g/mol. The Morgan fingerprint density at radius 3 is 2.50 bits per heavy atom. The lowest BCUT2D eigenvalue weighted by molar-refractivity contribution is -0.145. The molecular formula is C16H22N2O4. The first kappa shape index (κ1) is 17.7. The minimum absolute atomic E-state index is 0.166. The maximum atomic E-state index is 12.2. The molecule has 6 heteroatoms. The Bertz CT molecular complexity index is 555. The first-order chi connectivity index (χ1) is 10.3. The fourth-order valence-electron chi connectivity index (χ4n) is 2.11. The van der Waals surface area contributed by atoms with Crippen LogP contribution in [0.25, 0.3) is 0 Å². The highest BCUT2D eigenvalue weighted by atomic mass is 16.4. The maximum absolute atomic E-state index is 12.2. The summed E-state index contributed by atoms with van der Waals surface area (Å²) < 4.78 is 0. The van der Waals surface area contributed by atoms with Gasteiger partial charge in [0.25, 0.3) is 5.91 Å². The highest BCUT2D eigenvalue weighted by Gasteiger charge is 2.19. The molecule has 0 unspecified atom stereocenters. The number of nitrogens with zero attached hydrogens (tertiary/aromatic N) is 1. The molecule has 0 atom stereocenters. The summed E-state index contributed by atoms with van der Waals surface area (Å²) in [7, 11) is 1.56. The molecule has 1 rings (SSSR count). The molecule has 2 amide bonds. The Labute approximate surface area is 130 Å². The molecule has 0 heterocycles. The van der Waals surface area contributed by atoms with Crippen molar-refractivity contribution in [1.82, 2.24) is 10.2 Å². The van der Waals surface area contributed by atoms with Gasteiger partial charge in [-0.1, -0.05) is 12.1 Å². The van der Waals surface area contributed by atoms with Crippen LogP contribution in [0.1, 0.15) is 36.2 Å². The standard InChI is InChI=1S/C16H22N2O4/c1-11(2)18(10-15(20)21)14(19)8-7-12-5-4-6-13(9-12)16(22)17-3/h4-6,9,11H,7-8,10H2,1-3H3,(H,17,22)(H,20,21). The van der Waals surface area contributed by atoms with Crippen molar-refractivity contribution in [3.8, 4) is 0 Å². The van der Waals surface area contributed by atoms with E-state index in [1.807, 2.05) is 6.07 Å². The zero-order valence-corrected chi connectivity index (χ0v) is 13.1. The van der Waals surface area contributed by atoms with Crippen molar-refractivity contribution in [2.75, 3.05) is 13.6 Å². The van der Waals surface area contributed by atoms with Crippen LogP contribution < -0.4 is 5.32 Å². The molecular weight excluding hydrogens is 284 g/mol. The minimum Gasteiger partial charge on any atom is -0.480 e. The number of rotatable bonds is 7. The van der Waals surface area contributed by atoms with Crippen LogP contribution in [0.2, 0.25) is 0 Å². The number of benzene rings is 1. The fraction of sp³-hybridized carbons (Fsp3) is 0.438. The van der Waals surface area contributed by atoms with Crippen LogP contribution in [0.15, 0.2) is 24.3 Å². The van der Waals surface area contributed by atoms with Crippen LogP contribution >= 0.6 is 0 Å². The quantitative estimate of drug-likeness (QED) is 0.795. The largest absolute Gasteiger partial charge is 0.480 e. The topological polar surface area (TPSA) is 86.7 Å². The number of hydrogen-bond acceptors (Lipinski definition) is 3. The van der Waals surface area contributed by atoms with Gasteiger partial charge in [-0.15, -0.1) is 0 Å². The van der Waals surface area contributed by atoms with Crippen molar-refractivity contribution in [2.45, 2.75) is 32.7 Å². The Morgan fingerprint density at radius 1 is 1.27 bits per heavy atom. The molecule has 120 valence electrons. The summed E-state index contributed by atoms with van der Waals surface area (Å²) in [5.41, 5.74) is 1.41. The van der Waals surface area contributed by atoms with Gasteiger partial charge in [0, 0.05) is 25.1 Å². The van der Waals surface area contributed by atoms with Crippen molar-refractivity contribution < 1.29 is 19.5 Å². The second kappa shape index (κ2) is 8.17. The summed E-state index contributed by atoms with van der Waals surface area (Å²) >= 11 is 0. The van der Waals surface area contributed by atoms with Crippen LogP contribution in [-0.4, -0.2) is 47.4 Å². The molecule has 0 spiro atoms. The monoisotopic (exact) mass is 306 g/mol. The van der Waals surface area contributed by atoms with E-state index < -0.39 is 5.97 Å². The van der Waals surface area contributed by atoms with Crippen molar-refractivity contribution in [2.24, 2.45) is 0 Å². The highest BCUT2D eigenvalue weighted by Crippen LogP contribution is 2.10. The molecule has 0 fully saturated rings. The van der Waals surface area contributed by atoms with Crippen molar-refractivity contribution >= 4 is 17.8 Å². The Morgan fingerprint density at radius 2 is 1.95 bits per heavy atom. The molecule has 1 aromatic carbocycles. The van der Waals surface area contributed by atoms with E-state index in [1.54, 1.807) is 39.1 Å². The number of carbonyl (C=O) groups excluding carboxylic acids is 2. The van der Waals surface area contributed by atoms with Gasteiger partial charge < -0.3 is 15.3 Å². The zero-order chi connectivity index (χ0) is 16.7. The second-order valence-corrected chi connectivity index (χ2v) is 5.29. The smallest absolute Gasteiger partial charge is 0.323 e. The van der Waals surface area contributed by atoms with E-state index in [4.69, 9.17) is 5.11 Å². The fourth-order valence-corrected chi connectivity index (χ4v) is 2.11. The van der Waals surface area contributed by atoms with Gasteiger partial charge in [0.2, 0.25) is 5.91 Å². The molecule has 0 aliphatic heterocycles. The maximum Gasteiger partial charge on any atom is 0.323 e. The van der Waals surface area contributed by atoms with Gasteiger partial charge in [-0.2, -0.15) is 0 Å². The number of carboxylic acids is 1. The van der Waals surface area contributed by atoms with Gasteiger partial charge in [-0.3, -0.25) is 14.4 Å². The van der Waals surface area contributed by atoms with Gasteiger partial charge >= 0.3 is 5.97 Å². The molecule has 0 aliphatic carbocycles. The summed E-state index contributed by atoms with van der Waals surface area (Å²) in [6.07, 6.45) is 0.676. The summed E-state index contributed by atoms with van der Waals surface area (Å²) in [5, 5.41) is 11.4.